The maximum Gasteiger partial charge on any atom is 0.425 e. The second-order valence-corrected chi connectivity index (χ2v) is 5.20. The molecule has 19 heavy (non-hydrogen) atoms. The molecule has 0 unspecified atom stereocenters. The Morgan fingerprint density at radius 2 is 2.21 bits per heavy atom. The minimum Gasteiger partial charge on any atom is -0.447 e. The Morgan fingerprint density at radius 3 is 2.74 bits per heavy atom. The molecule has 1 aromatic carbocycles. The molecule has 0 atom stereocenters. The Balaban J connectivity index is 2.26. The van der Waals surface area contributed by atoms with E-state index in [4.69, 9.17) is 5.26 Å². The van der Waals surface area contributed by atoms with Gasteiger partial charge in [-0.25, -0.2) is 9.18 Å². The number of nitrogens with one attached hydrogen (secondary N) is 1. The first-order valence-electron chi connectivity index (χ1n) is 5.11. The van der Waals surface area contributed by atoms with E-state index in [9.17, 15) is 17.6 Å². The van der Waals surface area contributed by atoms with Gasteiger partial charge >= 0.3 is 16.3 Å². The van der Waals surface area contributed by atoms with Crippen LogP contribution < -0.4 is 4.72 Å². The first-order chi connectivity index (χ1) is 8.94. The highest BCUT2D eigenvalue weighted by atomic mass is 32.2. The lowest BCUT2D eigenvalue weighted by Gasteiger charge is -2.15. The zero-order valence-corrected chi connectivity index (χ0v) is 10.3. The number of hydrogen-bond acceptors (Lipinski definition) is 5. The van der Waals surface area contributed by atoms with E-state index in [-0.39, 0.29) is 24.4 Å². The lowest BCUT2D eigenvalue weighted by Crippen LogP contribution is -2.36. The number of ether oxygens (including phenoxy) is 1. The van der Waals surface area contributed by atoms with Crippen LogP contribution in [-0.4, -0.2) is 32.0 Å². The molecular weight excluding hydrogens is 277 g/mol. The molecule has 2 rings (SSSR count). The summed E-state index contributed by atoms with van der Waals surface area (Å²) < 4.78 is 44.0. The van der Waals surface area contributed by atoms with Gasteiger partial charge in [0.2, 0.25) is 0 Å². The summed E-state index contributed by atoms with van der Waals surface area (Å²) in [6, 6.07) is 4.96. The number of carbonyl (C=O) groups is 1. The lowest BCUT2D eigenvalue weighted by atomic mass is 10.2. The molecule has 0 saturated carbocycles. The molecule has 1 aliphatic heterocycles. The molecule has 1 N–H and O–H groups in total. The third-order valence-corrected chi connectivity index (χ3v) is 3.74. The van der Waals surface area contributed by atoms with Gasteiger partial charge in [-0.15, -0.1) is 0 Å². The number of hydrogen-bond donors (Lipinski definition) is 1. The molecule has 0 aliphatic carbocycles. The third-order valence-electron chi connectivity index (χ3n) is 2.35. The molecular formula is C10H8FN3O4S. The van der Waals surface area contributed by atoms with Crippen LogP contribution in [0.2, 0.25) is 0 Å². The van der Waals surface area contributed by atoms with E-state index < -0.39 is 22.1 Å². The van der Waals surface area contributed by atoms with Crippen molar-refractivity contribution in [2.24, 2.45) is 0 Å². The van der Waals surface area contributed by atoms with Gasteiger partial charge in [0, 0.05) is 0 Å². The van der Waals surface area contributed by atoms with Gasteiger partial charge in [0.1, 0.15) is 12.4 Å². The van der Waals surface area contributed by atoms with E-state index in [1.54, 1.807) is 6.07 Å². The van der Waals surface area contributed by atoms with Crippen LogP contribution in [0.5, 0.6) is 0 Å². The quantitative estimate of drug-likeness (QED) is 0.885. The highest BCUT2D eigenvalue weighted by Crippen LogP contribution is 2.19. The summed E-state index contributed by atoms with van der Waals surface area (Å²) in [5.41, 5.74) is -0.292. The summed E-state index contributed by atoms with van der Waals surface area (Å²) in [4.78, 5) is 11.1. The molecule has 1 heterocycles. The Bertz CT molecular complexity index is 668. The second kappa shape index (κ2) is 4.74. The fourth-order valence-corrected chi connectivity index (χ4v) is 2.58. The first-order valence-corrected chi connectivity index (χ1v) is 6.55. The van der Waals surface area contributed by atoms with E-state index in [1.807, 2.05) is 4.72 Å². The number of amides is 1. The minimum absolute atomic E-state index is 0.0460. The summed E-state index contributed by atoms with van der Waals surface area (Å²) >= 11 is 0. The van der Waals surface area contributed by atoms with Gasteiger partial charge in [-0.1, -0.05) is 0 Å². The molecule has 1 fully saturated rings. The monoisotopic (exact) mass is 285 g/mol. The molecule has 7 nitrogen and oxygen atoms in total. The number of benzene rings is 1. The van der Waals surface area contributed by atoms with Crippen LogP contribution in [0.4, 0.5) is 14.9 Å². The van der Waals surface area contributed by atoms with Crippen molar-refractivity contribution >= 4 is 22.0 Å². The average Bonchev–Trinajstić information content (AvgIpc) is 2.79. The van der Waals surface area contributed by atoms with Gasteiger partial charge < -0.3 is 4.74 Å². The SMILES string of the molecule is N#Cc1ccc(NS(=O)(=O)N2CCOC2=O)c(F)c1. The molecule has 0 spiro atoms. The smallest absolute Gasteiger partial charge is 0.425 e. The van der Waals surface area contributed by atoms with Gasteiger partial charge in [0.15, 0.2) is 0 Å². The number of nitrogens with zero attached hydrogens (tertiary/aromatic N) is 2. The minimum atomic E-state index is -4.22. The number of anilines is 1. The zero-order valence-electron chi connectivity index (χ0n) is 9.46. The maximum absolute atomic E-state index is 13.5. The van der Waals surface area contributed by atoms with Crippen molar-refractivity contribution in [2.45, 2.75) is 0 Å². The fourth-order valence-electron chi connectivity index (χ4n) is 1.46. The highest BCUT2D eigenvalue weighted by molar-refractivity contribution is 7.90. The first kappa shape index (κ1) is 13.1. The standard InChI is InChI=1S/C10H8FN3O4S/c11-8-5-7(6-12)1-2-9(8)13-19(16,17)14-3-4-18-10(14)15/h1-2,5,13H,3-4H2. The van der Waals surface area contributed by atoms with E-state index in [2.05, 4.69) is 4.74 Å². The van der Waals surface area contributed by atoms with Crippen LogP contribution in [-0.2, 0) is 14.9 Å². The van der Waals surface area contributed by atoms with Crippen LogP contribution in [0, 0.1) is 17.1 Å². The van der Waals surface area contributed by atoms with Crippen molar-refractivity contribution in [1.29, 1.82) is 5.26 Å². The number of cyclic esters (lactones) is 1. The maximum atomic E-state index is 13.5. The van der Waals surface area contributed by atoms with E-state index >= 15 is 0 Å². The Kier molecular flexibility index (Phi) is 3.26. The van der Waals surface area contributed by atoms with Crippen LogP contribution in [0.15, 0.2) is 18.2 Å². The second-order valence-electron chi connectivity index (χ2n) is 3.60. The predicted octanol–water partition coefficient (Wildman–Crippen LogP) is 0.806. The predicted molar refractivity (Wildman–Crippen MR) is 61.7 cm³/mol. The summed E-state index contributed by atoms with van der Waals surface area (Å²) in [6.07, 6.45) is -1.01. The van der Waals surface area contributed by atoms with E-state index in [1.165, 1.54) is 6.07 Å². The summed E-state index contributed by atoms with van der Waals surface area (Å²) in [7, 11) is -4.22. The van der Waals surface area contributed by atoms with Gasteiger partial charge in [-0.05, 0) is 18.2 Å². The largest absolute Gasteiger partial charge is 0.447 e. The van der Waals surface area contributed by atoms with Crippen molar-refractivity contribution in [3.63, 3.8) is 0 Å². The Labute approximate surface area is 108 Å². The van der Waals surface area contributed by atoms with Crippen molar-refractivity contribution < 1.29 is 22.3 Å². The molecule has 0 bridgehead atoms. The van der Waals surface area contributed by atoms with Crippen molar-refractivity contribution in [1.82, 2.24) is 4.31 Å². The molecule has 100 valence electrons. The highest BCUT2D eigenvalue weighted by Gasteiger charge is 2.33. The van der Waals surface area contributed by atoms with Gasteiger partial charge in [0.25, 0.3) is 0 Å². The van der Waals surface area contributed by atoms with Crippen molar-refractivity contribution in [2.75, 3.05) is 17.9 Å². The van der Waals surface area contributed by atoms with E-state index in [0.717, 1.165) is 12.1 Å². The van der Waals surface area contributed by atoms with Crippen LogP contribution in [0.3, 0.4) is 0 Å². The molecule has 1 amide bonds. The lowest BCUT2D eigenvalue weighted by molar-refractivity contribution is 0.170. The van der Waals surface area contributed by atoms with Gasteiger partial charge in [-0.2, -0.15) is 18.0 Å². The summed E-state index contributed by atoms with van der Waals surface area (Å²) in [5.74, 6) is -0.907. The van der Waals surface area contributed by atoms with Crippen LogP contribution in [0.25, 0.3) is 0 Å². The Hall–Kier alpha value is -2.34. The molecule has 0 radical (unpaired) electrons. The van der Waals surface area contributed by atoms with Gasteiger partial charge in [0.05, 0.1) is 23.9 Å². The third kappa shape index (κ3) is 2.58. The topological polar surface area (TPSA) is 99.5 Å². The number of carbonyl (C=O) groups excluding carboxylic acids is 1. The Morgan fingerprint density at radius 1 is 1.47 bits per heavy atom. The number of rotatable bonds is 3. The molecule has 9 heteroatoms. The zero-order chi connectivity index (χ0) is 14.0. The van der Waals surface area contributed by atoms with Crippen molar-refractivity contribution in [3.05, 3.63) is 29.6 Å². The normalized spacial score (nSPS) is 14.9. The summed E-state index contributed by atoms with van der Waals surface area (Å²) in [5, 5.41) is 8.57. The van der Waals surface area contributed by atoms with E-state index in [0.29, 0.717) is 4.31 Å². The number of halogens is 1. The van der Waals surface area contributed by atoms with Crippen molar-refractivity contribution in [3.8, 4) is 6.07 Å². The van der Waals surface area contributed by atoms with Crippen LogP contribution in [0.1, 0.15) is 5.56 Å². The molecule has 0 aromatic heterocycles. The number of nitriles is 1. The molecule has 1 aromatic rings. The fraction of sp³-hybridized carbons (Fsp3) is 0.200. The molecule has 1 aliphatic rings. The van der Waals surface area contributed by atoms with Crippen LogP contribution >= 0.6 is 0 Å². The molecule has 1 saturated heterocycles. The summed E-state index contributed by atoms with van der Waals surface area (Å²) in [6.45, 7) is -0.179. The van der Waals surface area contributed by atoms with Gasteiger partial charge in [-0.3, -0.25) is 4.72 Å². The average molecular weight is 285 g/mol.